The summed E-state index contributed by atoms with van der Waals surface area (Å²) in [5.74, 6) is 0.579. The molecule has 1 amide bonds. The van der Waals surface area contributed by atoms with Gasteiger partial charge in [-0.3, -0.25) is 14.5 Å². The summed E-state index contributed by atoms with van der Waals surface area (Å²) < 4.78 is 7.21. The van der Waals surface area contributed by atoms with Gasteiger partial charge in [0.15, 0.2) is 0 Å². The van der Waals surface area contributed by atoms with Gasteiger partial charge in [-0.1, -0.05) is 0 Å². The molecule has 0 spiro atoms. The summed E-state index contributed by atoms with van der Waals surface area (Å²) in [4.78, 5) is 20.5. The van der Waals surface area contributed by atoms with Crippen LogP contribution in [0.1, 0.15) is 50.2 Å². The van der Waals surface area contributed by atoms with Crippen molar-refractivity contribution in [2.75, 3.05) is 7.11 Å². The van der Waals surface area contributed by atoms with E-state index < -0.39 is 0 Å². The number of rotatable bonds is 6. The van der Waals surface area contributed by atoms with Gasteiger partial charge in [0.1, 0.15) is 5.69 Å². The molecule has 0 bridgehead atoms. The number of ether oxygens (including phenoxy) is 1. The maximum atomic E-state index is 12.0. The van der Waals surface area contributed by atoms with Gasteiger partial charge in [0.05, 0.1) is 18.8 Å². The first kappa shape index (κ1) is 17.3. The van der Waals surface area contributed by atoms with Crippen LogP contribution in [0, 0.1) is 0 Å². The predicted molar refractivity (Wildman–Crippen MR) is 91.9 cm³/mol. The number of nitrogens with one attached hydrogen (secondary N) is 2. The van der Waals surface area contributed by atoms with Crippen molar-refractivity contribution in [2.24, 2.45) is 0 Å². The molecule has 1 fully saturated rings. The lowest BCUT2D eigenvalue weighted by atomic mass is 9.95. The third-order valence-electron chi connectivity index (χ3n) is 4.37. The van der Waals surface area contributed by atoms with Crippen LogP contribution in [-0.2, 0) is 11.3 Å². The summed E-state index contributed by atoms with van der Waals surface area (Å²) in [7, 11) is 1.58. The van der Waals surface area contributed by atoms with Crippen molar-refractivity contribution in [3.05, 3.63) is 36.0 Å². The van der Waals surface area contributed by atoms with Gasteiger partial charge in [0.25, 0.3) is 0 Å². The van der Waals surface area contributed by atoms with Crippen LogP contribution < -0.4 is 15.4 Å². The topological polar surface area (TPSA) is 94.0 Å². The Morgan fingerprint density at radius 2 is 2.16 bits per heavy atom. The van der Waals surface area contributed by atoms with Crippen LogP contribution >= 0.6 is 0 Å². The average Bonchev–Trinajstić information content (AvgIpc) is 3.10. The van der Waals surface area contributed by atoms with E-state index in [0.29, 0.717) is 18.8 Å². The maximum absolute atomic E-state index is 12.0. The lowest BCUT2D eigenvalue weighted by Crippen LogP contribution is -2.49. The first-order valence-corrected chi connectivity index (χ1v) is 8.50. The summed E-state index contributed by atoms with van der Waals surface area (Å²) in [5.41, 5.74) is 1.75. The largest absolute Gasteiger partial charge is 0.480 e. The third-order valence-corrected chi connectivity index (χ3v) is 4.37. The Labute approximate surface area is 147 Å². The summed E-state index contributed by atoms with van der Waals surface area (Å²) in [6.45, 7) is 4.67. The zero-order valence-electron chi connectivity index (χ0n) is 14.8. The van der Waals surface area contributed by atoms with E-state index in [1.54, 1.807) is 25.7 Å². The highest BCUT2D eigenvalue weighted by Gasteiger charge is 2.32. The summed E-state index contributed by atoms with van der Waals surface area (Å²) in [6, 6.07) is 2.14. The molecule has 0 aliphatic carbocycles. The number of hydrogen-bond donors (Lipinski definition) is 2. The predicted octanol–water partition coefficient (Wildman–Crippen LogP) is 1.37. The molecular formula is C17H24N6O2. The third kappa shape index (κ3) is 3.79. The minimum Gasteiger partial charge on any atom is -0.480 e. The van der Waals surface area contributed by atoms with E-state index in [0.717, 1.165) is 17.8 Å². The summed E-state index contributed by atoms with van der Waals surface area (Å²) in [5, 5.41) is 11.0. The number of carbonyl (C=O) groups is 1. The first-order valence-electron chi connectivity index (χ1n) is 8.50. The fraction of sp³-hybridized carbons (Fsp3) is 0.529. The monoisotopic (exact) mass is 344 g/mol. The van der Waals surface area contributed by atoms with Gasteiger partial charge in [0.2, 0.25) is 11.8 Å². The standard InChI is InChI=1S/C17H24N6O2/c1-11(2)23-14(6-7-21-23)16-12(4-5-15(24)22-16)20-10-13-17(25-3)19-9-8-18-13/h6-9,11-12,16,20H,4-5,10H2,1-3H3,(H,22,24)/t12-,16-/m1/s1. The normalized spacial score (nSPS) is 20.6. The van der Waals surface area contributed by atoms with Crippen molar-refractivity contribution in [1.82, 2.24) is 30.4 Å². The number of carbonyl (C=O) groups excluding carboxylic acids is 1. The highest BCUT2D eigenvalue weighted by Crippen LogP contribution is 2.26. The Hall–Kier alpha value is -2.48. The van der Waals surface area contributed by atoms with Crippen LogP contribution in [-0.4, -0.2) is 38.8 Å². The van der Waals surface area contributed by atoms with Crippen molar-refractivity contribution < 1.29 is 9.53 Å². The zero-order chi connectivity index (χ0) is 17.8. The van der Waals surface area contributed by atoms with E-state index in [1.165, 1.54) is 0 Å². The van der Waals surface area contributed by atoms with E-state index in [4.69, 9.17) is 4.74 Å². The summed E-state index contributed by atoms with van der Waals surface area (Å²) in [6.07, 6.45) is 6.28. The van der Waals surface area contributed by atoms with Crippen LogP contribution in [0.15, 0.2) is 24.7 Å². The molecule has 8 nitrogen and oxygen atoms in total. The van der Waals surface area contributed by atoms with E-state index in [-0.39, 0.29) is 24.0 Å². The van der Waals surface area contributed by atoms with E-state index >= 15 is 0 Å². The second-order valence-electron chi connectivity index (χ2n) is 6.38. The molecule has 0 radical (unpaired) electrons. The fourth-order valence-corrected chi connectivity index (χ4v) is 3.18. The van der Waals surface area contributed by atoms with Crippen molar-refractivity contribution in [2.45, 2.75) is 51.4 Å². The molecule has 2 atom stereocenters. The van der Waals surface area contributed by atoms with Crippen LogP contribution in [0.3, 0.4) is 0 Å². The molecular weight excluding hydrogens is 320 g/mol. The van der Waals surface area contributed by atoms with Gasteiger partial charge < -0.3 is 15.4 Å². The molecule has 3 rings (SSSR count). The molecule has 3 heterocycles. The Bertz CT molecular complexity index is 729. The Morgan fingerprint density at radius 1 is 1.36 bits per heavy atom. The fourth-order valence-electron chi connectivity index (χ4n) is 3.18. The SMILES string of the molecule is COc1nccnc1CN[C@@H]1CCC(=O)N[C@H]1c1ccnn1C(C)C. The van der Waals surface area contributed by atoms with Crippen molar-refractivity contribution in [3.63, 3.8) is 0 Å². The summed E-state index contributed by atoms with van der Waals surface area (Å²) >= 11 is 0. The van der Waals surface area contributed by atoms with Gasteiger partial charge in [0, 0.05) is 43.6 Å². The average molecular weight is 344 g/mol. The molecule has 1 saturated heterocycles. The molecule has 2 aromatic rings. The first-order chi connectivity index (χ1) is 12.1. The Morgan fingerprint density at radius 3 is 2.92 bits per heavy atom. The van der Waals surface area contributed by atoms with Crippen LogP contribution in [0.5, 0.6) is 5.88 Å². The van der Waals surface area contributed by atoms with Gasteiger partial charge in [-0.05, 0) is 26.3 Å². The molecule has 8 heteroatoms. The molecule has 1 aliphatic rings. The van der Waals surface area contributed by atoms with Gasteiger partial charge in [-0.2, -0.15) is 5.10 Å². The van der Waals surface area contributed by atoms with Gasteiger partial charge in [-0.15, -0.1) is 0 Å². The van der Waals surface area contributed by atoms with Crippen molar-refractivity contribution in [1.29, 1.82) is 0 Å². The van der Waals surface area contributed by atoms with E-state index in [9.17, 15) is 4.79 Å². The van der Waals surface area contributed by atoms with Crippen molar-refractivity contribution in [3.8, 4) is 5.88 Å². The number of piperidine rings is 1. The molecule has 0 aromatic carbocycles. The molecule has 25 heavy (non-hydrogen) atoms. The number of amides is 1. The molecule has 0 saturated carbocycles. The molecule has 0 unspecified atom stereocenters. The number of methoxy groups -OCH3 is 1. The van der Waals surface area contributed by atoms with Crippen LogP contribution in [0.4, 0.5) is 0 Å². The van der Waals surface area contributed by atoms with E-state index in [1.807, 2.05) is 10.7 Å². The number of nitrogens with zero attached hydrogens (tertiary/aromatic N) is 4. The Kier molecular flexibility index (Phi) is 5.28. The quantitative estimate of drug-likeness (QED) is 0.822. The minimum absolute atomic E-state index is 0.0663. The Balaban J connectivity index is 1.78. The smallest absolute Gasteiger partial charge is 0.236 e. The van der Waals surface area contributed by atoms with Gasteiger partial charge in [-0.25, -0.2) is 4.98 Å². The molecule has 134 valence electrons. The van der Waals surface area contributed by atoms with Crippen molar-refractivity contribution >= 4 is 5.91 Å². The second kappa shape index (κ2) is 7.60. The molecule has 1 aliphatic heterocycles. The molecule has 2 N–H and O–H groups in total. The second-order valence-corrected chi connectivity index (χ2v) is 6.38. The number of hydrogen-bond acceptors (Lipinski definition) is 6. The van der Waals surface area contributed by atoms with Gasteiger partial charge >= 0.3 is 0 Å². The number of aromatic nitrogens is 4. The van der Waals surface area contributed by atoms with E-state index in [2.05, 4.69) is 39.5 Å². The maximum Gasteiger partial charge on any atom is 0.236 e. The highest BCUT2D eigenvalue weighted by atomic mass is 16.5. The van der Waals surface area contributed by atoms with Crippen LogP contribution in [0.2, 0.25) is 0 Å². The zero-order valence-corrected chi connectivity index (χ0v) is 14.8. The minimum atomic E-state index is -0.131. The molecule has 2 aromatic heterocycles. The lowest BCUT2D eigenvalue weighted by Gasteiger charge is -2.33. The van der Waals surface area contributed by atoms with Crippen LogP contribution in [0.25, 0.3) is 0 Å². The lowest BCUT2D eigenvalue weighted by molar-refractivity contribution is -0.124. The highest BCUT2D eigenvalue weighted by molar-refractivity contribution is 5.77.